The van der Waals surface area contributed by atoms with Crippen molar-refractivity contribution in [2.24, 2.45) is 23.7 Å². The molecule has 4 unspecified atom stereocenters. The highest BCUT2D eigenvalue weighted by atomic mass is 14.2. The van der Waals surface area contributed by atoms with Crippen LogP contribution in [0.4, 0.5) is 0 Å². The van der Waals surface area contributed by atoms with Crippen LogP contribution in [0.3, 0.4) is 0 Å². The van der Waals surface area contributed by atoms with Crippen molar-refractivity contribution >= 4 is 0 Å². The third-order valence-corrected chi connectivity index (χ3v) is 4.59. The second-order valence-electron chi connectivity index (χ2n) is 6.14. The van der Waals surface area contributed by atoms with E-state index in [1.807, 2.05) is 0 Å². The predicted molar refractivity (Wildman–Crippen MR) is 75.7 cm³/mol. The maximum Gasteiger partial charge on any atom is -0.0417 e. The molecule has 0 aliphatic carbocycles. The molecule has 0 aromatic rings. The van der Waals surface area contributed by atoms with E-state index in [1.165, 1.54) is 38.5 Å². The molecule has 0 aliphatic rings. The summed E-state index contributed by atoms with van der Waals surface area (Å²) < 4.78 is 0. The first-order valence-corrected chi connectivity index (χ1v) is 7.51. The Morgan fingerprint density at radius 1 is 0.562 bits per heavy atom. The topological polar surface area (TPSA) is 0 Å². The normalized spacial score (nSPS) is 19.1. The van der Waals surface area contributed by atoms with E-state index in [9.17, 15) is 0 Å². The van der Waals surface area contributed by atoms with Crippen molar-refractivity contribution in [1.82, 2.24) is 0 Å². The van der Waals surface area contributed by atoms with Crippen LogP contribution in [0.15, 0.2) is 0 Å². The summed E-state index contributed by atoms with van der Waals surface area (Å²) in [5.41, 5.74) is 0. The molecule has 0 heterocycles. The zero-order valence-electron chi connectivity index (χ0n) is 12.6. The van der Waals surface area contributed by atoms with Gasteiger partial charge in [-0.1, -0.05) is 80.1 Å². The van der Waals surface area contributed by atoms with Crippen LogP contribution in [-0.2, 0) is 0 Å². The highest BCUT2D eigenvalue weighted by Crippen LogP contribution is 2.26. The average Bonchev–Trinajstić information content (AvgIpc) is 2.31. The molecule has 0 aliphatic heterocycles. The largest absolute Gasteiger partial charge is 0.0651 e. The summed E-state index contributed by atoms with van der Waals surface area (Å²) in [7, 11) is 0. The van der Waals surface area contributed by atoms with Gasteiger partial charge in [0.15, 0.2) is 0 Å². The zero-order chi connectivity index (χ0) is 12.6. The first kappa shape index (κ1) is 16.0. The highest BCUT2D eigenvalue weighted by molar-refractivity contribution is 4.65. The molecule has 0 aromatic heterocycles. The van der Waals surface area contributed by atoms with E-state index in [4.69, 9.17) is 0 Å². The van der Waals surface area contributed by atoms with Crippen molar-refractivity contribution in [3.8, 4) is 0 Å². The molecule has 0 saturated heterocycles. The highest BCUT2D eigenvalue weighted by Gasteiger charge is 2.14. The summed E-state index contributed by atoms with van der Waals surface area (Å²) in [6.45, 7) is 14.3. The van der Waals surface area contributed by atoms with Gasteiger partial charge in [-0.25, -0.2) is 0 Å². The van der Waals surface area contributed by atoms with E-state index >= 15 is 0 Å². The molecule has 16 heavy (non-hydrogen) atoms. The first-order valence-electron chi connectivity index (χ1n) is 7.51. The number of rotatable bonds is 9. The smallest absolute Gasteiger partial charge is 0.0417 e. The molecular formula is C16H34. The lowest BCUT2D eigenvalue weighted by atomic mass is 9.84. The van der Waals surface area contributed by atoms with Crippen molar-refractivity contribution in [3.05, 3.63) is 0 Å². The number of hydrogen-bond donors (Lipinski definition) is 0. The van der Waals surface area contributed by atoms with Gasteiger partial charge in [-0.3, -0.25) is 0 Å². The molecule has 4 atom stereocenters. The van der Waals surface area contributed by atoms with Gasteiger partial charge in [-0.15, -0.1) is 0 Å². The molecule has 0 fully saturated rings. The molecular weight excluding hydrogens is 192 g/mol. The predicted octanol–water partition coefficient (Wildman–Crippen LogP) is 5.91. The molecule has 0 aromatic carbocycles. The van der Waals surface area contributed by atoms with Gasteiger partial charge in [0.2, 0.25) is 0 Å². The van der Waals surface area contributed by atoms with E-state index in [0.29, 0.717) is 0 Å². The lowest BCUT2D eigenvalue weighted by Crippen LogP contribution is -2.11. The van der Waals surface area contributed by atoms with Crippen molar-refractivity contribution in [3.63, 3.8) is 0 Å². The molecule has 0 N–H and O–H groups in total. The molecule has 0 bridgehead atoms. The third-order valence-electron chi connectivity index (χ3n) is 4.59. The summed E-state index contributed by atoms with van der Waals surface area (Å²) in [5.74, 6) is 3.67. The van der Waals surface area contributed by atoms with Crippen LogP contribution in [0.25, 0.3) is 0 Å². The monoisotopic (exact) mass is 226 g/mol. The standard InChI is InChI=1S/C16H34/c1-7-13(3)9-11-15(5)16(6)12-10-14(4)8-2/h13-16H,7-12H2,1-6H3. The molecule has 0 heteroatoms. The summed E-state index contributed by atoms with van der Waals surface area (Å²) in [6.07, 6.45) is 8.38. The Kier molecular flexibility index (Phi) is 9.07. The average molecular weight is 226 g/mol. The fraction of sp³-hybridized carbons (Fsp3) is 1.00. The van der Waals surface area contributed by atoms with E-state index in [2.05, 4.69) is 41.5 Å². The Balaban J connectivity index is 3.68. The molecule has 98 valence electrons. The summed E-state index contributed by atoms with van der Waals surface area (Å²) in [5, 5.41) is 0. The molecule has 0 radical (unpaired) electrons. The minimum atomic E-state index is 0.915. The van der Waals surface area contributed by atoms with Gasteiger partial charge in [0.05, 0.1) is 0 Å². The van der Waals surface area contributed by atoms with Crippen LogP contribution >= 0.6 is 0 Å². The minimum absolute atomic E-state index is 0.915. The van der Waals surface area contributed by atoms with Gasteiger partial charge in [0, 0.05) is 0 Å². The lowest BCUT2D eigenvalue weighted by Gasteiger charge is -2.22. The Morgan fingerprint density at radius 2 is 0.875 bits per heavy atom. The van der Waals surface area contributed by atoms with E-state index < -0.39 is 0 Å². The van der Waals surface area contributed by atoms with Gasteiger partial charge in [-0.2, -0.15) is 0 Å². The maximum absolute atomic E-state index is 2.45. The summed E-state index contributed by atoms with van der Waals surface area (Å²) in [4.78, 5) is 0. The van der Waals surface area contributed by atoms with Crippen LogP contribution in [-0.4, -0.2) is 0 Å². The summed E-state index contributed by atoms with van der Waals surface area (Å²) >= 11 is 0. The number of hydrogen-bond acceptors (Lipinski definition) is 0. The molecule has 0 saturated carbocycles. The third kappa shape index (κ3) is 7.30. The molecule has 0 rings (SSSR count). The minimum Gasteiger partial charge on any atom is -0.0651 e. The Morgan fingerprint density at radius 3 is 1.12 bits per heavy atom. The second kappa shape index (κ2) is 9.07. The SMILES string of the molecule is CCC(C)CCC(C)C(C)CCC(C)CC. The molecule has 0 amide bonds. The van der Waals surface area contributed by atoms with Gasteiger partial charge < -0.3 is 0 Å². The molecule has 0 nitrogen and oxygen atoms in total. The Bertz CT molecular complexity index is 132. The van der Waals surface area contributed by atoms with E-state index in [1.54, 1.807) is 0 Å². The van der Waals surface area contributed by atoms with Crippen LogP contribution in [0.1, 0.15) is 80.1 Å². The van der Waals surface area contributed by atoms with Crippen molar-refractivity contribution in [2.45, 2.75) is 80.1 Å². The van der Waals surface area contributed by atoms with Crippen LogP contribution in [0, 0.1) is 23.7 Å². The lowest BCUT2D eigenvalue weighted by molar-refractivity contribution is 0.293. The van der Waals surface area contributed by atoms with Gasteiger partial charge in [0.1, 0.15) is 0 Å². The van der Waals surface area contributed by atoms with E-state index in [-0.39, 0.29) is 0 Å². The van der Waals surface area contributed by atoms with Gasteiger partial charge >= 0.3 is 0 Å². The zero-order valence-corrected chi connectivity index (χ0v) is 12.6. The van der Waals surface area contributed by atoms with Crippen LogP contribution in [0.2, 0.25) is 0 Å². The fourth-order valence-corrected chi connectivity index (χ4v) is 2.07. The van der Waals surface area contributed by atoms with Crippen molar-refractivity contribution < 1.29 is 0 Å². The van der Waals surface area contributed by atoms with Gasteiger partial charge in [-0.05, 0) is 23.7 Å². The van der Waals surface area contributed by atoms with E-state index in [0.717, 1.165) is 23.7 Å². The van der Waals surface area contributed by atoms with Gasteiger partial charge in [0.25, 0.3) is 0 Å². The Labute approximate surface area is 104 Å². The molecule has 0 spiro atoms. The van der Waals surface area contributed by atoms with Crippen LogP contribution in [0.5, 0.6) is 0 Å². The first-order chi connectivity index (χ1) is 7.51. The maximum atomic E-state index is 2.45. The second-order valence-corrected chi connectivity index (χ2v) is 6.14. The van der Waals surface area contributed by atoms with Crippen LogP contribution < -0.4 is 0 Å². The van der Waals surface area contributed by atoms with Crippen molar-refractivity contribution in [1.29, 1.82) is 0 Å². The summed E-state index contributed by atoms with van der Waals surface area (Å²) in [6, 6.07) is 0. The fourth-order valence-electron chi connectivity index (χ4n) is 2.07. The quantitative estimate of drug-likeness (QED) is 0.458. The Hall–Kier alpha value is 0. The van der Waals surface area contributed by atoms with Crippen molar-refractivity contribution in [2.75, 3.05) is 0 Å².